The van der Waals surface area contributed by atoms with Crippen LogP contribution < -0.4 is 5.32 Å². The summed E-state index contributed by atoms with van der Waals surface area (Å²) in [7, 11) is -3.55. The average Bonchev–Trinajstić information content (AvgIpc) is 2.64. The molecule has 8 heteroatoms. The van der Waals surface area contributed by atoms with Crippen molar-refractivity contribution in [2.24, 2.45) is 5.92 Å². The molecule has 0 aliphatic carbocycles. The van der Waals surface area contributed by atoms with Gasteiger partial charge in [-0.05, 0) is 66.0 Å². The third-order valence-corrected chi connectivity index (χ3v) is 7.24. The normalized spacial score (nSPS) is 16.3. The van der Waals surface area contributed by atoms with Crippen LogP contribution in [0.25, 0.3) is 0 Å². The van der Waals surface area contributed by atoms with Crippen molar-refractivity contribution >= 4 is 37.5 Å². The highest BCUT2D eigenvalue weighted by Gasteiger charge is 2.32. The van der Waals surface area contributed by atoms with Gasteiger partial charge in [0.1, 0.15) is 5.82 Å². The molecule has 0 aromatic heterocycles. The number of amides is 1. The summed E-state index contributed by atoms with van der Waals surface area (Å²) in [4.78, 5) is 12.7. The van der Waals surface area contributed by atoms with Crippen molar-refractivity contribution in [2.75, 3.05) is 18.4 Å². The van der Waals surface area contributed by atoms with E-state index in [4.69, 9.17) is 0 Å². The molecule has 0 unspecified atom stereocenters. The maximum Gasteiger partial charge on any atom is 0.243 e. The van der Waals surface area contributed by atoms with Crippen LogP contribution >= 0.6 is 15.9 Å². The average molecular weight is 455 g/mol. The van der Waals surface area contributed by atoms with Crippen molar-refractivity contribution in [3.05, 3.63) is 58.3 Å². The lowest BCUT2D eigenvalue weighted by Crippen LogP contribution is -2.41. The molecule has 0 bridgehead atoms. The van der Waals surface area contributed by atoms with Crippen LogP contribution in [-0.2, 0) is 14.8 Å². The van der Waals surface area contributed by atoms with Crippen molar-refractivity contribution in [2.45, 2.75) is 24.7 Å². The number of carbonyl (C=O) groups excluding carboxylic acids is 1. The molecule has 1 N–H and O–H groups in total. The minimum absolute atomic E-state index is 0.185. The molecular weight excluding hydrogens is 435 g/mol. The maximum atomic E-state index is 13.2. The fourth-order valence-corrected chi connectivity index (χ4v) is 4.96. The Morgan fingerprint density at radius 1 is 1.15 bits per heavy atom. The molecule has 1 amide bonds. The van der Waals surface area contributed by atoms with Gasteiger partial charge in [0.05, 0.1) is 10.6 Å². The first kappa shape index (κ1) is 20.0. The van der Waals surface area contributed by atoms with E-state index in [1.807, 2.05) is 6.92 Å². The molecule has 1 fully saturated rings. The van der Waals surface area contributed by atoms with Crippen molar-refractivity contribution in [3.63, 3.8) is 0 Å². The summed E-state index contributed by atoms with van der Waals surface area (Å²) in [5, 5.41) is 2.78. The van der Waals surface area contributed by atoms with Crippen molar-refractivity contribution < 1.29 is 17.6 Å². The lowest BCUT2D eigenvalue weighted by molar-refractivity contribution is -0.120. The van der Waals surface area contributed by atoms with E-state index in [9.17, 15) is 17.6 Å². The summed E-state index contributed by atoms with van der Waals surface area (Å²) in [5.74, 6) is -0.865. The summed E-state index contributed by atoms with van der Waals surface area (Å²) >= 11 is 3.22. The lowest BCUT2D eigenvalue weighted by atomic mass is 9.97. The lowest BCUT2D eigenvalue weighted by Gasteiger charge is -2.30. The van der Waals surface area contributed by atoms with Gasteiger partial charge in [-0.1, -0.05) is 17.7 Å². The van der Waals surface area contributed by atoms with Gasteiger partial charge in [0.2, 0.25) is 15.9 Å². The van der Waals surface area contributed by atoms with E-state index in [0.29, 0.717) is 36.1 Å². The quantitative estimate of drug-likeness (QED) is 0.760. The van der Waals surface area contributed by atoms with Crippen molar-refractivity contribution in [3.8, 4) is 0 Å². The van der Waals surface area contributed by atoms with E-state index in [0.717, 1.165) is 5.56 Å². The molecular formula is C19H20BrFN2O3S. The van der Waals surface area contributed by atoms with E-state index < -0.39 is 15.8 Å². The van der Waals surface area contributed by atoms with Crippen LogP contribution in [0.3, 0.4) is 0 Å². The first-order chi connectivity index (χ1) is 12.8. The van der Waals surface area contributed by atoms with Gasteiger partial charge in [0.15, 0.2) is 0 Å². The predicted molar refractivity (Wildman–Crippen MR) is 105 cm³/mol. The Bertz CT molecular complexity index is 940. The summed E-state index contributed by atoms with van der Waals surface area (Å²) in [6.07, 6.45) is 0.880. The van der Waals surface area contributed by atoms with Crippen LogP contribution in [-0.4, -0.2) is 31.7 Å². The van der Waals surface area contributed by atoms with Crippen LogP contribution in [0.15, 0.2) is 51.8 Å². The number of sulfonamides is 1. The SMILES string of the molecule is Cc1ccc(S(=O)(=O)N2CCC(C(=O)Nc3ccc(F)cc3Br)CC2)cc1. The van der Waals surface area contributed by atoms with E-state index in [-0.39, 0.29) is 16.7 Å². The van der Waals surface area contributed by atoms with Crippen LogP contribution in [0.1, 0.15) is 18.4 Å². The minimum atomic E-state index is -3.55. The number of hydrogen-bond acceptors (Lipinski definition) is 3. The number of aryl methyl sites for hydroxylation is 1. The molecule has 1 saturated heterocycles. The summed E-state index contributed by atoms with van der Waals surface area (Å²) in [6.45, 7) is 2.48. The van der Waals surface area contributed by atoms with E-state index in [1.54, 1.807) is 24.3 Å². The zero-order valence-corrected chi connectivity index (χ0v) is 17.2. The number of piperidine rings is 1. The molecule has 27 heavy (non-hydrogen) atoms. The summed E-state index contributed by atoms with van der Waals surface area (Å²) in [5.41, 5.74) is 1.49. The third-order valence-electron chi connectivity index (χ3n) is 4.67. The molecule has 0 atom stereocenters. The Morgan fingerprint density at radius 2 is 1.78 bits per heavy atom. The maximum absolute atomic E-state index is 13.2. The predicted octanol–water partition coefficient (Wildman–Crippen LogP) is 3.94. The van der Waals surface area contributed by atoms with Gasteiger partial charge in [0, 0.05) is 23.5 Å². The highest BCUT2D eigenvalue weighted by molar-refractivity contribution is 9.10. The monoisotopic (exact) mass is 454 g/mol. The van der Waals surface area contributed by atoms with Crippen LogP contribution in [0.5, 0.6) is 0 Å². The van der Waals surface area contributed by atoms with E-state index in [2.05, 4.69) is 21.2 Å². The number of rotatable bonds is 4. The summed E-state index contributed by atoms with van der Waals surface area (Å²) in [6, 6.07) is 10.8. The van der Waals surface area contributed by atoms with Gasteiger partial charge >= 0.3 is 0 Å². The highest BCUT2D eigenvalue weighted by Crippen LogP contribution is 2.27. The number of carbonyl (C=O) groups is 1. The van der Waals surface area contributed by atoms with E-state index in [1.165, 1.54) is 22.5 Å². The highest BCUT2D eigenvalue weighted by atomic mass is 79.9. The van der Waals surface area contributed by atoms with Crippen molar-refractivity contribution in [1.82, 2.24) is 4.31 Å². The molecule has 1 heterocycles. The van der Waals surface area contributed by atoms with E-state index >= 15 is 0 Å². The second kappa shape index (κ2) is 8.08. The minimum Gasteiger partial charge on any atom is -0.325 e. The van der Waals surface area contributed by atoms with Gasteiger partial charge in [0.25, 0.3) is 0 Å². The molecule has 144 valence electrons. The molecule has 5 nitrogen and oxygen atoms in total. The topological polar surface area (TPSA) is 66.5 Å². The second-order valence-corrected chi connectivity index (χ2v) is 9.40. The summed E-state index contributed by atoms with van der Waals surface area (Å²) < 4.78 is 40.5. The van der Waals surface area contributed by atoms with Gasteiger partial charge in [-0.25, -0.2) is 12.8 Å². The first-order valence-electron chi connectivity index (χ1n) is 8.60. The van der Waals surface area contributed by atoms with Crippen LogP contribution in [0.4, 0.5) is 10.1 Å². The fraction of sp³-hybridized carbons (Fsp3) is 0.316. The van der Waals surface area contributed by atoms with Gasteiger partial charge in [-0.3, -0.25) is 4.79 Å². The number of hydrogen-bond donors (Lipinski definition) is 1. The van der Waals surface area contributed by atoms with Gasteiger partial charge in [-0.15, -0.1) is 0 Å². The smallest absolute Gasteiger partial charge is 0.243 e. The fourth-order valence-electron chi connectivity index (χ4n) is 3.04. The number of anilines is 1. The number of nitrogens with zero attached hydrogens (tertiary/aromatic N) is 1. The zero-order chi connectivity index (χ0) is 19.6. The Labute approximate surface area is 166 Å². The standard InChI is InChI=1S/C19H20BrFN2O3S/c1-13-2-5-16(6-3-13)27(25,26)23-10-8-14(9-11-23)19(24)22-18-7-4-15(21)12-17(18)20/h2-7,12,14H,8-11H2,1H3,(H,22,24). The van der Waals surface area contributed by atoms with Gasteiger partial charge < -0.3 is 5.32 Å². The number of nitrogens with one attached hydrogen (secondary N) is 1. The molecule has 0 spiro atoms. The molecule has 2 aromatic carbocycles. The van der Waals surface area contributed by atoms with Crippen LogP contribution in [0.2, 0.25) is 0 Å². The second-order valence-electron chi connectivity index (χ2n) is 6.60. The molecule has 0 radical (unpaired) electrons. The molecule has 3 rings (SSSR count). The Kier molecular flexibility index (Phi) is 5.98. The number of halogens is 2. The Morgan fingerprint density at radius 3 is 2.37 bits per heavy atom. The third kappa shape index (κ3) is 4.56. The van der Waals surface area contributed by atoms with Gasteiger partial charge in [-0.2, -0.15) is 4.31 Å². The van der Waals surface area contributed by atoms with Crippen molar-refractivity contribution in [1.29, 1.82) is 0 Å². The molecule has 1 aliphatic rings. The molecule has 2 aromatic rings. The number of benzene rings is 2. The Hall–Kier alpha value is -1.77. The molecule has 0 saturated carbocycles. The zero-order valence-electron chi connectivity index (χ0n) is 14.8. The first-order valence-corrected chi connectivity index (χ1v) is 10.8. The Balaban J connectivity index is 1.62. The van der Waals surface area contributed by atoms with Crippen LogP contribution in [0, 0.1) is 18.7 Å². The largest absolute Gasteiger partial charge is 0.325 e. The molecule has 1 aliphatic heterocycles.